The number of amides is 1. The maximum absolute atomic E-state index is 12.9. The molecule has 33 heavy (non-hydrogen) atoms. The van der Waals surface area contributed by atoms with Crippen molar-refractivity contribution in [3.63, 3.8) is 0 Å². The molecule has 2 fully saturated rings. The number of likely N-dealkylation sites (N-methyl/N-ethyl adjacent to an activating group) is 1. The van der Waals surface area contributed by atoms with Crippen LogP contribution in [0.1, 0.15) is 31.6 Å². The third-order valence-electron chi connectivity index (χ3n) is 7.21. The van der Waals surface area contributed by atoms with Crippen molar-refractivity contribution in [1.29, 1.82) is 0 Å². The van der Waals surface area contributed by atoms with E-state index in [1.54, 1.807) is 6.20 Å². The molecule has 2 aliphatic rings. The maximum Gasteiger partial charge on any atom is 0.228 e. The number of aromatic nitrogens is 2. The molecule has 1 aromatic carbocycles. The van der Waals surface area contributed by atoms with Crippen LogP contribution in [-0.4, -0.2) is 65.4 Å². The predicted octanol–water partition coefficient (Wildman–Crippen LogP) is 4.19. The van der Waals surface area contributed by atoms with Crippen LogP contribution in [0.25, 0.3) is 22.1 Å². The minimum atomic E-state index is 0.0785. The zero-order valence-corrected chi connectivity index (χ0v) is 19.6. The number of hydrogen-bond acceptors (Lipinski definition) is 6. The molecule has 1 saturated heterocycles. The fourth-order valence-electron chi connectivity index (χ4n) is 5.09. The number of carbonyl (C=O) groups excluding carboxylic acids is 1. The molecule has 1 aliphatic carbocycles. The first-order valence-electron chi connectivity index (χ1n) is 12.1. The summed E-state index contributed by atoms with van der Waals surface area (Å²) in [5.41, 5.74) is 0.963. The number of aryl methyl sites for hydroxylation is 1. The van der Waals surface area contributed by atoms with Crippen molar-refractivity contribution >= 4 is 22.5 Å². The maximum atomic E-state index is 12.9. The smallest absolute Gasteiger partial charge is 0.228 e. The first kappa shape index (κ1) is 22.0. The van der Waals surface area contributed by atoms with E-state index in [1.807, 2.05) is 31.3 Å². The predicted molar refractivity (Wildman–Crippen MR) is 130 cm³/mol. The van der Waals surface area contributed by atoms with Gasteiger partial charge in [0.05, 0.1) is 6.20 Å². The van der Waals surface area contributed by atoms with Gasteiger partial charge in [-0.25, -0.2) is 9.97 Å². The number of oxazole rings is 1. The van der Waals surface area contributed by atoms with Crippen molar-refractivity contribution in [2.75, 3.05) is 45.1 Å². The van der Waals surface area contributed by atoms with Crippen LogP contribution in [-0.2, 0) is 4.79 Å². The Kier molecular flexibility index (Phi) is 6.42. The van der Waals surface area contributed by atoms with Gasteiger partial charge >= 0.3 is 0 Å². The van der Waals surface area contributed by atoms with Gasteiger partial charge in [-0.15, -0.1) is 0 Å². The molecule has 0 radical (unpaired) electrons. The molecule has 174 valence electrons. The van der Waals surface area contributed by atoms with Crippen LogP contribution in [0, 0.1) is 18.8 Å². The first-order valence-corrected chi connectivity index (χ1v) is 12.1. The second-order valence-electron chi connectivity index (χ2n) is 9.69. The molecule has 0 unspecified atom stereocenters. The Morgan fingerprint density at radius 3 is 2.55 bits per heavy atom. The quantitative estimate of drug-likeness (QED) is 0.632. The van der Waals surface area contributed by atoms with E-state index in [9.17, 15) is 4.79 Å². The summed E-state index contributed by atoms with van der Waals surface area (Å²) < 4.78 is 5.65. The summed E-state index contributed by atoms with van der Waals surface area (Å²) in [7, 11) is 2.20. The molecule has 2 aromatic heterocycles. The van der Waals surface area contributed by atoms with Gasteiger partial charge in [0.1, 0.15) is 5.82 Å². The number of rotatable bonds is 5. The lowest BCUT2D eigenvalue weighted by Crippen LogP contribution is -2.46. The molecule has 1 aliphatic heterocycles. The molecule has 7 nitrogen and oxygen atoms in total. The van der Waals surface area contributed by atoms with Crippen molar-refractivity contribution in [2.24, 2.45) is 11.8 Å². The monoisotopic (exact) mass is 447 g/mol. The lowest BCUT2D eigenvalue weighted by molar-refractivity contribution is -0.121. The molecule has 0 atom stereocenters. The Morgan fingerprint density at radius 2 is 1.82 bits per heavy atom. The Morgan fingerprint density at radius 1 is 1.03 bits per heavy atom. The third-order valence-corrected chi connectivity index (χ3v) is 7.21. The van der Waals surface area contributed by atoms with Crippen LogP contribution in [0.2, 0.25) is 0 Å². The van der Waals surface area contributed by atoms with E-state index < -0.39 is 0 Å². The van der Waals surface area contributed by atoms with Gasteiger partial charge in [0, 0.05) is 62.7 Å². The van der Waals surface area contributed by atoms with Crippen LogP contribution < -0.4 is 5.32 Å². The highest BCUT2D eigenvalue weighted by atomic mass is 16.4. The molecule has 5 rings (SSSR count). The molecular weight excluding hydrogens is 414 g/mol. The molecule has 0 bridgehead atoms. The zero-order chi connectivity index (χ0) is 22.8. The Bertz CT molecular complexity index is 1110. The Hall–Kier alpha value is -2.77. The van der Waals surface area contributed by atoms with Gasteiger partial charge in [0.2, 0.25) is 5.91 Å². The number of hydrogen-bond donors (Lipinski definition) is 1. The van der Waals surface area contributed by atoms with E-state index in [2.05, 4.69) is 38.2 Å². The molecule has 7 heteroatoms. The van der Waals surface area contributed by atoms with Gasteiger partial charge in [-0.3, -0.25) is 4.79 Å². The van der Waals surface area contributed by atoms with Gasteiger partial charge in [-0.2, -0.15) is 0 Å². The van der Waals surface area contributed by atoms with Gasteiger partial charge in [-0.05, 0) is 56.2 Å². The lowest BCUT2D eigenvalue weighted by Gasteiger charge is -2.36. The molecule has 3 heterocycles. The number of fused-ring (bicyclic) bond motifs is 1. The minimum absolute atomic E-state index is 0.0785. The summed E-state index contributed by atoms with van der Waals surface area (Å²) in [5, 5.41) is 5.11. The number of nitrogens with one attached hydrogen (secondary N) is 1. The van der Waals surface area contributed by atoms with Crippen LogP contribution in [0.3, 0.4) is 0 Å². The van der Waals surface area contributed by atoms with Crippen LogP contribution in [0.5, 0.6) is 0 Å². The number of benzene rings is 1. The minimum Gasteiger partial charge on any atom is -0.441 e. The van der Waals surface area contributed by atoms with E-state index >= 15 is 0 Å². The summed E-state index contributed by atoms with van der Waals surface area (Å²) in [6.07, 6.45) is 7.75. The number of pyridine rings is 1. The Labute approximate surface area is 195 Å². The standard InChI is InChI=1S/C26H33N5O2/c1-18-27-16-24(33-18)21-7-8-22-15-28-25(14-23(22)13-21)29-26(32)20-5-3-19(4-6-20)17-31-11-9-30(2)10-12-31/h7-8,13-16,19-20H,3-6,9-12,17H2,1-2H3,(H,28,29,32)/t19-,20-. The fraction of sp³-hybridized carbons (Fsp3) is 0.500. The molecule has 1 N–H and O–H groups in total. The van der Waals surface area contributed by atoms with Crippen LogP contribution in [0.15, 0.2) is 41.1 Å². The molecule has 0 spiro atoms. The summed E-state index contributed by atoms with van der Waals surface area (Å²) in [6, 6.07) is 8.01. The highest BCUT2D eigenvalue weighted by molar-refractivity contribution is 5.94. The molecular formula is C26H33N5O2. The van der Waals surface area contributed by atoms with Crippen LogP contribution in [0.4, 0.5) is 5.82 Å². The molecule has 1 amide bonds. The second kappa shape index (κ2) is 9.61. The van der Waals surface area contributed by atoms with Crippen LogP contribution >= 0.6 is 0 Å². The highest BCUT2D eigenvalue weighted by Crippen LogP contribution is 2.31. The number of carbonyl (C=O) groups is 1. The number of anilines is 1. The fourth-order valence-corrected chi connectivity index (χ4v) is 5.09. The van der Waals surface area contributed by atoms with Gasteiger partial charge in [0.15, 0.2) is 11.7 Å². The normalized spacial score (nSPS) is 22.5. The number of nitrogens with zero attached hydrogens (tertiary/aromatic N) is 4. The summed E-state index contributed by atoms with van der Waals surface area (Å²) in [4.78, 5) is 26.6. The molecule has 3 aromatic rings. The number of piperazine rings is 1. The van der Waals surface area contributed by atoms with E-state index in [4.69, 9.17) is 4.42 Å². The van der Waals surface area contributed by atoms with E-state index in [0.29, 0.717) is 11.7 Å². The third kappa shape index (κ3) is 5.25. The zero-order valence-electron chi connectivity index (χ0n) is 19.6. The van der Waals surface area contributed by atoms with Gasteiger partial charge < -0.3 is 19.5 Å². The van der Waals surface area contributed by atoms with Crippen molar-refractivity contribution in [3.8, 4) is 11.3 Å². The average Bonchev–Trinajstić information content (AvgIpc) is 3.27. The van der Waals surface area contributed by atoms with E-state index in [0.717, 1.165) is 66.8 Å². The lowest BCUT2D eigenvalue weighted by atomic mass is 9.81. The van der Waals surface area contributed by atoms with E-state index in [1.165, 1.54) is 19.6 Å². The Balaban J connectivity index is 1.18. The summed E-state index contributed by atoms with van der Waals surface area (Å²) in [6.45, 7) is 7.68. The highest BCUT2D eigenvalue weighted by Gasteiger charge is 2.28. The van der Waals surface area contributed by atoms with Gasteiger partial charge in [0.25, 0.3) is 0 Å². The molecule has 1 saturated carbocycles. The van der Waals surface area contributed by atoms with Crippen molar-refractivity contribution < 1.29 is 9.21 Å². The topological polar surface area (TPSA) is 74.5 Å². The van der Waals surface area contributed by atoms with E-state index in [-0.39, 0.29) is 11.8 Å². The summed E-state index contributed by atoms with van der Waals surface area (Å²) in [5.74, 6) is 2.89. The van der Waals surface area contributed by atoms with Gasteiger partial charge in [-0.1, -0.05) is 12.1 Å². The second-order valence-corrected chi connectivity index (χ2v) is 9.69. The average molecular weight is 448 g/mol. The van der Waals surface area contributed by atoms with Crippen molar-refractivity contribution in [1.82, 2.24) is 19.8 Å². The largest absolute Gasteiger partial charge is 0.441 e. The van der Waals surface area contributed by atoms with Crippen molar-refractivity contribution in [2.45, 2.75) is 32.6 Å². The first-order chi connectivity index (χ1) is 16.0. The summed E-state index contributed by atoms with van der Waals surface area (Å²) >= 11 is 0. The SMILES string of the molecule is Cc1ncc(-c2ccc3cnc(NC(=O)[C@H]4CC[C@H](CN5CCN(C)CC5)CC4)cc3c2)o1. The van der Waals surface area contributed by atoms with Crippen molar-refractivity contribution in [3.05, 3.63) is 42.5 Å².